The summed E-state index contributed by atoms with van der Waals surface area (Å²) < 4.78 is 10.4. The minimum Gasteiger partial charge on any atom is -0.497 e. The molecule has 0 saturated heterocycles. The van der Waals surface area contributed by atoms with E-state index >= 15 is 0 Å². The molecule has 0 aliphatic heterocycles. The molecule has 20 heavy (non-hydrogen) atoms. The standard InChI is InChI=1S/C15H17NO4/c1-16(9-11-4-3-5-12(8-11)19-2)10-13-6-7-14(20-13)15(17)18/h3-8H,9-10H2,1-2H3,(H,17,18). The number of hydrogen-bond acceptors (Lipinski definition) is 4. The molecule has 5 heteroatoms. The maximum absolute atomic E-state index is 10.7. The van der Waals surface area contributed by atoms with E-state index in [0.29, 0.717) is 12.3 Å². The highest BCUT2D eigenvalue weighted by atomic mass is 16.5. The molecule has 1 heterocycles. The summed E-state index contributed by atoms with van der Waals surface area (Å²) in [6, 6.07) is 11.0. The number of methoxy groups -OCH3 is 1. The van der Waals surface area contributed by atoms with E-state index < -0.39 is 5.97 Å². The van der Waals surface area contributed by atoms with Crippen molar-refractivity contribution >= 4 is 5.97 Å². The predicted octanol–water partition coefficient (Wildman–Crippen LogP) is 2.62. The second-order valence-corrected chi connectivity index (χ2v) is 4.59. The Morgan fingerprint density at radius 3 is 2.75 bits per heavy atom. The Bertz CT molecular complexity index is 591. The Kier molecular flexibility index (Phi) is 4.42. The highest BCUT2D eigenvalue weighted by Gasteiger charge is 2.10. The second kappa shape index (κ2) is 6.25. The molecule has 0 bridgehead atoms. The van der Waals surface area contributed by atoms with Crippen molar-refractivity contribution in [1.82, 2.24) is 4.90 Å². The molecule has 0 radical (unpaired) electrons. The average molecular weight is 275 g/mol. The molecule has 0 fully saturated rings. The molecule has 0 atom stereocenters. The fraction of sp³-hybridized carbons (Fsp3) is 0.267. The van der Waals surface area contributed by atoms with Crippen LogP contribution in [0.5, 0.6) is 5.75 Å². The van der Waals surface area contributed by atoms with Gasteiger partial charge in [0.05, 0.1) is 13.7 Å². The van der Waals surface area contributed by atoms with Crippen molar-refractivity contribution in [1.29, 1.82) is 0 Å². The third-order valence-corrected chi connectivity index (χ3v) is 2.88. The Morgan fingerprint density at radius 2 is 2.10 bits per heavy atom. The molecule has 1 aromatic carbocycles. The van der Waals surface area contributed by atoms with E-state index in [0.717, 1.165) is 17.9 Å². The number of hydrogen-bond donors (Lipinski definition) is 1. The minimum atomic E-state index is -1.05. The first-order chi connectivity index (χ1) is 9.58. The van der Waals surface area contributed by atoms with Crippen molar-refractivity contribution in [2.75, 3.05) is 14.2 Å². The van der Waals surface area contributed by atoms with Gasteiger partial charge in [-0.25, -0.2) is 4.79 Å². The zero-order valence-electron chi connectivity index (χ0n) is 11.5. The van der Waals surface area contributed by atoms with Crippen molar-refractivity contribution in [3.05, 3.63) is 53.5 Å². The lowest BCUT2D eigenvalue weighted by molar-refractivity contribution is 0.0658. The zero-order valence-corrected chi connectivity index (χ0v) is 11.5. The van der Waals surface area contributed by atoms with Crippen LogP contribution in [0.3, 0.4) is 0 Å². The van der Waals surface area contributed by atoms with Crippen LogP contribution in [0, 0.1) is 0 Å². The fourth-order valence-corrected chi connectivity index (χ4v) is 1.98. The summed E-state index contributed by atoms with van der Waals surface area (Å²) in [5, 5.41) is 8.80. The van der Waals surface area contributed by atoms with Crippen molar-refractivity contribution in [3.63, 3.8) is 0 Å². The van der Waals surface area contributed by atoms with Gasteiger partial charge in [0.1, 0.15) is 11.5 Å². The lowest BCUT2D eigenvalue weighted by Gasteiger charge is -2.15. The van der Waals surface area contributed by atoms with Gasteiger partial charge in [0, 0.05) is 6.54 Å². The number of carboxylic acid groups (broad SMARTS) is 1. The highest BCUT2D eigenvalue weighted by molar-refractivity contribution is 5.84. The number of benzene rings is 1. The first kappa shape index (κ1) is 14.1. The second-order valence-electron chi connectivity index (χ2n) is 4.59. The molecule has 0 amide bonds. The van der Waals surface area contributed by atoms with Crippen LogP contribution in [-0.4, -0.2) is 30.1 Å². The lowest BCUT2D eigenvalue weighted by atomic mass is 10.2. The van der Waals surface area contributed by atoms with Gasteiger partial charge in [0.15, 0.2) is 0 Å². The quantitative estimate of drug-likeness (QED) is 0.878. The number of nitrogens with zero attached hydrogens (tertiary/aromatic N) is 1. The van der Waals surface area contributed by atoms with Crippen LogP contribution >= 0.6 is 0 Å². The van der Waals surface area contributed by atoms with Crippen molar-refractivity contribution in [3.8, 4) is 5.75 Å². The fourth-order valence-electron chi connectivity index (χ4n) is 1.98. The zero-order chi connectivity index (χ0) is 14.5. The molecule has 0 spiro atoms. The van der Waals surface area contributed by atoms with Gasteiger partial charge in [-0.1, -0.05) is 12.1 Å². The number of ether oxygens (including phenoxy) is 1. The third kappa shape index (κ3) is 3.61. The number of rotatable bonds is 6. The summed E-state index contributed by atoms with van der Waals surface area (Å²) in [4.78, 5) is 12.8. The first-order valence-electron chi connectivity index (χ1n) is 6.22. The molecule has 106 valence electrons. The number of aromatic carboxylic acids is 1. The molecule has 0 aliphatic rings. The Labute approximate surface area is 117 Å². The molecule has 0 saturated carbocycles. The maximum Gasteiger partial charge on any atom is 0.371 e. The van der Waals surface area contributed by atoms with Crippen molar-refractivity contribution in [2.24, 2.45) is 0 Å². The van der Waals surface area contributed by atoms with E-state index in [4.69, 9.17) is 14.3 Å². The van der Waals surface area contributed by atoms with E-state index in [1.165, 1.54) is 6.07 Å². The van der Waals surface area contributed by atoms with Gasteiger partial charge in [-0.2, -0.15) is 0 Å². The van der Waals surface area contributed by atoms with Gasteiger partial charge < -0.3 is 14.3 Å². The van der Waals surface area contributed by atoms with Gasteiger partial charge in [-0.15, -0.1) is 0 Å². The molecule has 0 unspecified atom stereocenters. The van der Waals surface area contributed by atoms with Crippen LogP contribution in [0.1, 0.15) is 21.9 Å². The van der Waals surface area contributed by atoms with E-state index in [2.05, 4.69) is 0 Å². The molecular formula is C15H17NO4. The molecule has 2 aromatic rings. The van der Waals surface area contributed by atoms with Gasteiger partial charge in [0.25, 0.3) is 0 Å². The summed E-state index contributed by atoms with van der Waals surface area (Å²) in [7, 11) is 3.58. The summed E-state index contributed by atoms with van der Waals surface area (Å²) in [5.74, 6) is 0.372. The van der Waals surface area contributed by atoms with E-state index in [1.807, 2.05) is 36.2 Å². The third-order valence-electron chi connectivity index (χ3n) is 2.88. The van der Waals surface area contributed by atoms with Crippen LogP contribution < -0.4 is 4.74 Å². The van der Waals surface area contributed by atoms with Gasteiger partial charge in [-0.05, 0) is 36.9 Å². The highest BCUT2D eigenvalue weighted by Crippen LogP contribution is 2.16. The largest absolute Gasteiger partial charge is 0.497 e. The molecule has 5 nitrogen and oxygen atoms in total. The van der Waals surface area contributed by atoms with E-state index in [9.17, 15) is 4.79 Å². The predicted molar refractivity (Wildman–Crippen MR) is 73.8 cm³/mol. The number of carboxylic acids is 1. The van der Waals surface area contributed by atoms with Crippen molar-refractivity contribution < 1.29 is 19.1 Å². The van der Waals surface area contributed by atoms with Crippen molar-refractivity contribution in [2.45, 2.75) is 13.1 Å². The molecule has 1 N–H and O–H groups in total. The van der Waals surface area contributed by atoms with Crippen LogP contribution in [0.4, 0.5) is 0 Å². The molecular weight excluding hydrogens is 258 g/mol. The summed E-state index contributed by atoms with van der Waals surface area (Å²) in [6.45, 7) is 1.27. The monoisotopic (exact) mass is 275 g/mol. The molecule has 2 rings (SSSR count). The molecule has 0 aliphatic carbocycles. The Morgan fingerprint density at radius 1 is 1.30 bits per heavy atom. The first-order valence-corrected chi connectivity index (χ1v) is 6.22. The average Bonchev–Trinajstić information content (AvgIpc) is 2.87. The Hall–Kier alpha value is -2.27. The SMILES string of the molecule is COc1cccc(CN(C)Cc2ccc(C(=O)O)o2)c1. The van der Waals surface area contributed by atoms with Gasteiger partial charge >= 0.3 is 5.97 Å². The normalized spacial score (nSPS) is 10.8. The summed E-state index contributed by atoms with van der Waals surface area (Å²) in [6.07, 6.45) is 0. The number of carbonyl (C=O) groups is 1. The number of furan rings is 1. The minimum absolute atomic E-state index is 0.0326. The summed E-state index contributed by atoms with van der Waals surface area (Å²) in [5.41, 5.74) is 1.12. The smallest absolute Gasteiger partial charge is 0.371 e. The lowest BCUT2D eigenvalue weighted by Crippen LogP contribution is -2.16. The van der Waals surface area contributed by atoms with Crippen LogP contribution in [-0.2, 0) is 13.1 Å². The van der Waals surface area contributed by atoms with Crippen LogP contribution in [0.15, 0.2) is 40.8 Å². The van der Waals surface area contributed by atoms with E-state index in [-0.39, 0.29) is 5.76 Å². The molecule has 1 aromatic heterocycles. The topological polar surface area (TPSA) is 62.9 Å². The van der Waals surface area contributed by atoms with Crippen LogP contribution in [0.2, 0.25) is 0 Å². The van der Waals surface area contributed by atoms with Gasteiger partial charge in [0.2, 0.25) is 5.76 Å². The Balaban J connectivity index is 1.97. The van der Waals surface area contributed by atoms with Gasteiger partial charge in [-0.3, -0.25) is 4.90 Å². The summed E-state index contributed by atoms with van der Waals surface area (Å²) >= 11 is 0. The van der Waals surface area contributed by atoms with E-state index in [1.54, 1.807) is 13.2 Å². The van der Waals surface area contributed by atoms with Crippen LogP contribution in [0.25, 0.3) is 0 Å². The maximum atomic E-state index is 10.7.